The molecule has 0 aliphatic rings. The van der Waals surface area contributed by atoms with E-state index in [1.807, 2.05) is 0 Å². The average molecular weight is 356 g/mol. The molecule has 0 aliphatic carbocycles. The first-order valence-corrected chi connectivity index (χ1v) is 7.70. The van der Waals surface area contributed by atoms with E-state index in [4.69, 9.17) is 0 Å². The standard InChI is InChI=1S/C17H16N4O5/c22-13-6-10(7-14(23)15(13)24)17(26)19-4-3-18-16(25)9-1-2-11-12(5-9)21-8-20-11/h1-2,5-8,22-24H,3-4H2,(H,18,25)(H,19,26)(H,20,21). The van der Waals surface area contributed by atoms with Crippen molar-refractivity contribution in [2.45, 2.75) is 0 Å². The first-order valence-electron chi connectivity index (χ1n) is 7.70. The van der Waals surface area contributed by atoms with Gasteiger partial charge in [-0.2, -0.15) is 0 Å². The molecule has 0 atom stereocenters. The van der Waals surface area contributed by atoms with Crippen LogP contribution in [-0.2, 0) is 0 Å². The number of H-pyrrole nitrogens is 1. The van der Waals surface area contributed by atoms with Gasteiger partial charge in [-0.15, -0.1) is 0 Å². The average Bonchev–Trinajstić information content (AvgIpc) is 3.10. The molecule has 3 rings (SSSR count). The molecule has 6 N–H and O–H groups in total. The van der Waals surface area contributed by atoms with Crippen molar-refractivity contribution in [1.29, 1.82) is 0 Å². The second kappa shape index (κ2) is 7.01. The molecule has 2 amide bonds. The highest BCUT2D eigenvalue weighted by Gasteiger charge is 2.13. The van der Waals surface area contributed by atoms with Gasteiger partial charge in [0.1, 0.15) is 0 Å². The summed E-state index contributed by atoms with van der Waals surface area (Å²) >= 11 is 0. The van der Waals surface area contributed by atoms with Gasteiger partial charge in [-0.3, -0.25) is 9.59 Å². The van der Waals surface area contributed by atoms with Crippen LogP contribution in [0, 0.1) is 0 Å². The van der Waals surface area contributed by atoms with Crippen molar-refractivity contribution in [1.82, 2.24) is 20.6 Å². The first-order chi connectivity index (χ1) is 12.5. The lowest BCUT2D eigenvalue weighted by Crippen LogP contribution is -2.34. The maximum Gasteiger partial charge on any atom is 0.251 e. The Bertz CT molecular complexity index is 959. The number of fused-ring (bicyclic) bond motifs is 1. The van der Waals surface area contributed by atoms with Crippen molar-refractivity contribution in [2.75, 3.05) is 13.1 Å². The van der Waals surface area contributed by atoms with Crippen molar-refractivity contribution in [3.63, 3.8) is 0 Å². The maximum atomic E-state index is 12.1. The molecule has 0 unspecified atom stereocenters. The van der Waals surface area contributed by atoms with Gasteiger partial charge in [-0.25, -0.2) is 4.98 Å². The minimum Gasteiger partial charge on any atom is -0.504 e. The Hall–Kier alpha value is -3.75. The number of amides is 2. The predicted octanol–water partition coefficient (Wildman–Crippen LogP) is 0.839. The Labute approximate surface area is 147 Å². The minimum atomic E-state index is -0.692. The lowest BCUT2D eigenvalue weighted by molar-refractivity contribution is 0.0927. The molecule has 1 heterocycles. The molecule has 3 aromatic rings. The topological polar surface area (TPSA) is 148 Å². The highest BCUT2D eigenvalue weighted by Crippen LogP contribution is 2.35. The van der Waals surface area contributed by atoms with Gasteiger partial charge in [0.15, 0.2) is 17.2 Å². The van der Waals surface area contributed by atoms with E-state index in [9.17, 15) is 24.9 Å². The molecule has 1 aromatic heterocycles. The summed E-state index contributed by atoms with van der Waals surface area (Å²) in [5.41, 5.74) is 1.95. The molecular formula is C17H16N4O5. The molecule has 0 bridgehead atoms. The van der Waals surface area contributed by atoms with Crippen LogP contribution in [0.5, 0.6) is 17.2 Å². The van der Waals surface area contributed by atoms with E-state index in [0.29, 0.717) is 5.56 Å². The zero-order valence-corrected chi connectivity index (χ0v) is 13.5. The molecule has 2 aromatic carbocycles. The van der Waals surface area contributed by atoms with Crippen molar-refractivity contribution < 1.29 is 24.9 Å². The number of imidazole rings is 1. The van der Waals surface area contributed by atoms with E-state index in [1.165, 1.54) is 0 Å². The number of aromatic hydroxyl groups is 3. The summed E-state index contributed by atoms with van der Waals surface area (Å²) < 4.78 is 0. The third-order valence-electron chi connectivity index (χ3n) is 3.71. The maximum absolute atomic E-state index is 12.1. The van der Waals surface area contributed by atoms with Crippen molar-refractivity contribution in [2.24, 2.45) is 0 Å². The van der Waals surface area contributed by atoms with Gasteiger partial charge in [0.25, 0.3) is 11.8 Å². The van der Waals surface area contributed by atoms with Gasteiger partial charge in [0.2, 0.25) is 0 Å². The number of nitrogens with one attached hydrogen (secondary N) is 3. The highest BCUT2D eigenvalue weighted by molar-refractivity contribution is 5.97. The van der Waals surface area contributed by atoms with Crippen LogP contribution >= 0.6 is 0 Å². The van der Waals surface area contributed by atoms with E-state index in [2.05, 4.69) is 20.6 Å². The fraction of sp³-hybridized carbons (Fsp3) is 0.118. The van der Waals surface area contributed by atoms with E-state index in [-0.39, 0.29) is 24.6 Å². The fourth-order valence-electron chi connectivity index (χ4n) is 2.37. The summed E-state index contributed by atoms with van der Waals surface area (Å²) in [6, 6.07) is 7.12. The van der Waals surface area contributed by atoms with Crippen LogP contribution in [0.15, 0.2) is 36.7 Å². The summed E-state index contributed by atoms with van der Waals surface area (Å²) in [6.45, 7) is 0.320. The van der Waals surface area contributed by atoms with Crippen molar-refractivity contribution >= 4 is 22.8 Å². The molecule has 0 spiro atoms. The molecular weight excluding hydrogens is 340 g/mol. The number of carbonyl (C=O) groups is 2. The lowest BCUT2D eigenvalue weighted by atomic mass is 10.1. The smallest absolute Gasteiger partial charge is 0.251 e. The van der Waals surface area contributed by atoms with Crippen molar-refractivity contribution in [3.8, 4) is 17.2 Å². The van der Waals surface area contributed by atoms with Crippen molar-refractivity contribution in [3.05, 3.63) is 47.8 Å². The molecule has 9 heteroatoms. The molecule has 0 saturated heterocycles. The van der Waals surface area contributed by atoms with Gasteiger partial charge in [0, 0.05) is 24.2 Å². The van der Waals surface area contributed by atoms with Crippen LogP contribution < -0.4 is 10.6 Å². The molecule has 0 aliphatic heterocycles. The third-order valence-corrected chi connectivity index (χ3v) is 3.71. The first kappa shape index (κ1) is 17.1. The van der Waals surface area contributed by atoms with E-state index >= 15 is 0 Å². The summed E-state index contributed by atoms with van der Waals surface area (Å²) in [5, 5.41) is 33.3. The fourth-order valence-corrected chi connectivity index (χ4v) is 2.37. The summed E-state index contributed by atoms with van der Waals surface area (Å²) in [7, 11) is 0. The molecule has 0 saturated carbocycles. The number of rotatable bonds is 5. The predicted molar refractivity (Wildman–Crippen MR) is 92.2 cm³/mol. The van der Waals surface area contributed by atoms with E-state index < -0.39 is 23.2 Å². The highest BCUT2D eigenvalue weighted by atomic mass is 16.3. The Kier molecular flexibility index (Phi) is 4.61. The molecule has 0 fully saturated rings. The number of hydrogen-bond acceptors (Lipinski definition) is 6. The number of aromatic nitrogens is 2. The number of hydrogen-bond donors (Lipinski definition) is 6. The lowest BCUT2D eigenvalue weighted by Gasteiger charge is -2.09. The minimum absolute atomic E-state index is 0.0196. The third kappa shape index (κ3) is 3.51. The quantitative estimate of drug-likeness (QED) is 0.295. The summed E-state index contributed by atoms with van der Waals surface area (Å²) in [6.07, 6.45) is 1.54. The van der Waals surface area contributed by atoms with Crippen LogP contribution in [0.25, 0.3) is 11.0 Å². The van der Waals surface area contributed by atoms with Crippen LogP contribution in [0.3, 0.4) is 0 Å². The second-order valence-corrected chi connectivity index (χ2v) is 5.51. The molecule has 0 radical (unpaired) electrons. The summed E-state index contributed by atoms with van der Waals surface area (Å²) in [5.74, 6) is -2.75. The zero-order valence-electron chi connectivity index (χ0n) is 13.5. The van der Waals surface area contributed by atoms with Gasteiger partial charge in [0.05, 0.1) is 17.4 Å². The molecule has 134 valence electrons. The Morgan fingerprint density at radius 1 is 0.923 bits per heavy atom. The van der Waals surface area contributed by atoms with Gasteiger partial charge >= 0.3 is 0 Å². The number of benzene rings is 2. The largest absolute Gasteiger partial charge is 0.504 e. The Morgan fingerprint density at radius 3 is 2.19 bits per heavy atom. The number of carbonyl (C=O) groups excluding carboxylic acids is 2. The molecule has 9 nitrogen and oxygen atoms in total. The van der Waals surface area contributed by atoms with E-state index in [0.717, 1.165) is 23.2 Å². The number of phenolic OH excluding ortho intramolecular Hbond substituents is 3. The van der Waals surface area contributed by atoms with Gasteiger partial charge in [-0.1, -0.05) is 0 Å². The Balaban J connectivity index is 1.51. The normalized spacial score (nSPS) is 10.6. The number of phenols is 3. The van der Waals surface area contributed by atoms with Crippen LogP contribution in [-0.4, -0.2) is 50.2 Å². The Morgan fingerprint density at radius 2 is 1.54 bits per heavy atom. The SMILES string of the molecule is O=C(NCCNC(=O)c1ccc2nc[nH]c2c1)c1cc(O)c(O)c(O)c1. The number of aromatic amines is 1. The summed E-state index contributed by atoms with van der Waals surface area (Å²) in [4.78, 5) is 31.0. The van der Waals surface area contributed by atoms with E-state index in [1.54, 1.807) is 24.5 Å². The van der Waals surface area contributed by atoms with Gasteiger partial charge in [-0.05, 0) is 30.3 Å². The zero-order chi connectivity index (χ0) is 18.7. The van der Waals surface area contributed by atoms with Crippen LogP contribution in [0.2, 0.25) is 0 Å². The number of nitrogens with zero attached hydrogens (tertiary/aromatic N) is 1. The van der Waals surface area contributed by atoms with Crippen LogP contribution in [0.1, 0.15) is 20.7 Å². The van der Waals surface area contributed by atoms with Crippen LogP contribution in [0.4, 0.5) is 0 Å². The molecule has 26 heavy (non-hydrogen) atoms. The second-order valence-electron chi connectivity index (χ2n) is 5.51. The monoisotopic (exact) mass is 356 g/mol. The van der Waals surface area contributed by atoms with Gasteiger partial charge < -0.3 is 30.9 Å².